The van der Waals surface area contributed by atoms with Crippen molar-refractivity contribution in [2.75, 3.05) is 0 Å². The minimum atomic E-state index is 0.202. The lowest BCUT2D eigenvalue weighted by Gasteiger charge is -2.13. The van der Waals surface area contributed by atoms with Crippen LogP contribution in [-0.4, -0.2) is 6.10 Å². The van der Waals surface area contributed by atoms with Gasteiger partial charge < -0.3 is 4.74 Å². The first-order chi connectivity index (χ1) is 7.13. The molecule has 0 amide bonds. The van der Waals surface area contributed by atoms with E-state index >= 15 is 0 Å². The molecular formula is C13H17NO. The molecule has 0 aliphatic heterocycles. The van der Waals surface area contributed by atoms with Crippen LogP contribution in [0.15, 0.2) is 18.2 Å². The number of rotatable bonds is 4. The number of hydrogen-bond donors (Lipinski definition) is 0. The van der Waals surface area contributed by atoms with Gasteiger partial charge in [0.25, 0.3) is 0 Å². The fraction of sp³-hybridized carbons (Fsp3) is 0.462. The lowest BCUT2D eigenvalue weighted by atomic mass is 10.1. The molecule has 0 aliphatic rings. The number of nitrogens with zero attached hydrogens (tertiary/aromatic N) is 1. The van der Waals surface area contributed by atoms with Gasteiger partial charge in [-0.2, -0.15) is 5.26 Å². The van der Waals surface area contributed by atoms with Gasteiger partial charge in [-0.25, -0.2) is 0 Å². The Hall–Kier alpha value is -1.49. The Morgan fingerprint density at radius 3 is 2.67 bits per heavy atom. The maximum absolute atomic E-state index is 8.50. The van der Waals surface area contributed by atoms with E-state index in [9.17, 15) is 0 Å². The normalized spacial score (nSPS) is 10.1. The van der Waals surface area contributed by atoms with Crippen molar-refractivity contribution < 1.29 is 4.74 Å². The van der Waals surface area contributed by atoms with Crippen molar-refractivity contribution in [2.24, 2.45) is 0 Å². The number of benzene rings is 1. The van der Waals surface area contributed by atoms with E-state index in [2.05, 4.69) is 12.1 Å². The molecule has 1 aromatic rings. The fourth-order valence-electron chi connectivity index (χ4n) is 1.45. The molecule has 0 saturated heterocycles. The highest BCUT2D eigenvalue weighted by Crippen LogP contribution is 2.20. The molecule has 0 aliphatic carbocycles. The Labute approximate surface area is 91.5 Å². The standard InChI is InChI=1S/C13H17NO/c1-10(2)15-13-7-6-12(5-4-8-14)9-11(13)3/h6-7,9-10H,4-5H2,1-3H3. The molecule has 2 heteroatoms. The minimum Gasteiger partial charge on any atom is -0.491 e. The topological polar surface area (TPSA) is 33.0 Å². The summed E-state index contributed by atoms with van der Waals surface area (Å²) >= 11 is 0. The van der Waals surface area contributed by atoms with E-state index in [-0.39, 0.29) is 6.10 Å². The van der Waals surface area contributed by atoms with Gasteiger partial charge in [-0.15, -0.1) is 0 Å². The van der Waals surface area contributed by atoms with Crippen LogP contribution in [0.5, 0.6) is 5.75 Å². The molecule has 2 nitrogen and oxygen atoms in total. The van der Waals surface area contributed by atoms with Gasteiger partial charge in [0.15, 0.2) is 0 Å². The second kappa shape index (κ2) is 5.41. The Balaban J connectivity index is 2.75. The maximum Gasteiger partial charge on any atom is 0.122 e. The Morgan fingerprint density at radius 1 is 1.40 bits per heavy atom. The van der Waals surface area contributed by atoms with E-state index < -0.39 is 0 Å². The van der Waals surface area contributed by atoms with Gasteiger partial charge in [-0.05, 0) is 44.4 Å². The summed E-state index contributed by atoms with van der Waals surface area (Å²) in [5.41, 5.74) is 2.34. The Kier molecular flexibility index (Phi) is 4.17. The molecule has 1 rings (SSSR count). The quantitative estimate of drug-likeness (QED) is 0.752. The van der Waals surface area contributed by atoms with Crippen LogP contribution < -0.4 is 4.74 Å². The van der Waals surface area contributed by atoms with Crippen molar-refractivity contribution in [2.45, 2.75) is 39.7 Å². The van der Waals surface area contributed by atoms with E-state index in [1.165, 1.54) is 5.56 Å². The molecular weight excluding hydrogens is 186 g/mol. The molecule has 0 atom stereocenters. The van der Waals surface area contributed by atoms with Crippen LogP contribution in [0.25, 0.3) is 0 Å². The van der Waals surface area contributed by atoms with Gasteiger partial charge in [0.05, 0.1) is 12.2 Å². The smallest absolute Gasteiger partial charge is 0.122 e. The maximum atomic E-state index is 8.50. The molecule has 0 saturated carbocycles. The van der Waals surface area contributed by atoms with Crippen molar-refractivity contribution in [3.8, 4) is 11.8 Å². The van der Waals surface area contributed by atoms with Gasteiger partial charge in [0, 0.05) is 6.42 Å². The number of nitriles is 1. The van der Waals surface area contributed by atoms with Crippen LogP contribution in [0.2, 0.25) is 0 Å². The molecule has 0 radical (unpaired) electrons. The first-order valence-corrected chi connectivity index (χ1v) is 5.26. The summed E-state index contributed by atoms with van der Waals surface area (Å²) in [6.45, 7) is 6.07. The molecule has 0 fully saturated rings. The summed E-state index contributed by atoms with van der Waals surface area (Å²) in [6.07, 6.45) is 1.59. The molecule has 0 heterocycles. The van der Waals surface area contributed by atoms with Crippen LogP contribution in [-0.2, 0) is 6.42 Å². The van der Waals surface area contributed by atoms with E-state index in [1.807, 2.05) is 32.9 Å². The van der Waals surface area contributed by atoms with Gasteiger partial charge in [0.2, 0.25) is 0 Å². The fourth-order valence-corrected chi connectivity index (χ4v) is 1.45. The molecule has 1 aromatic carbocycles. The largest absolute Gasteiger partial charge is 0.491 e. The zero-order valence-corrected chi connectivity index (χ0v) is 9.58. The first-order valence-electron chi connectivity index (χ1n) is 5.26. The van der Waals surface area contributed by atoms with Gasteiger partial charge in [0.1, 0.15) is 5.75 Å². The molecule has 0 unspecified atom stereocenters. The van der Waals surface area contributed by atoms with Gasteiger partial charge in [-0.1, -0.05) is 12.1 Å². The van der Waals surface area contributed by atoms with Crippen molar-refractivity contribution >= 4 is 0 Å². The van der Waals surface area contributed by atoms with E-state index in [4.69, 9.17) is 10.00 Å². The monoisotopic (exact) mass is 203 g/mol. The predicted octanol–water partition coefficient (Wildman–Crippen LogP) is 3.24. The average molecular weight is 203 g/mol. The van der Waals surface area contributed by atoms with Gasteiger partial charge in [-0.3, -0.25) is 0 Å². The molecule has 0 N–H and O–H groups in total. The summed E-state index contributed by atoms with van der Waals surface area (Å²) in [7, 11) is 0. The lowest BCUT2D eigenvalue weighted by molar-refractivity contribution is 0.240. The second-order valence-electron chi connectivity index (χ2n) is 3.92. The average Bonchev–Trinajstić information content (AvgIpc) is 2.18. The SMILES string of the molecule is Cc1cc(CCC#N)ccc1OC(C)C. The molecule has 80 valence electrons. The third-order valence-electron chi connectivity index (χ3n) is 2.13. The van der Waals surface area contributed by atoms with Crippen molar-refractivity contribution in [3.05, 3.63) is 29.3 Å². The van der Waals surface area contributed by atoms with Crippen molar-refractivity contribution in [1.29, 1.82) is 5.26 Å². The Bertz CT molecular complexity index is 363. The van der Waals surface area contributed by atoms with E-state index in [0.717, 1.165) is 17.7 Å². The van der Waals surface area contributed by atoms with Gasteiger partial charge >= 0.3 is 0 Å². The summed E-state index contributed by atoms with van der Waals surface area (Å²) in [4.78, 5) is 0. The minimum absolute atomic E-state index is 0.202. The zero-order chi connectivity index (χ0) is 11.3. The summed E-state index contributed by atoms with van der Waals surface area (Å²) in [5.74, 6) is 0.936. The van der Waals surface area contributed by atoms with E-state index in [1.54, 1.807) is 0 Å². The highest BCUT2D eigenvalue weighted by atomic mass is 16.5. The first kappa shape index (κ1) is 11.6. The van der Waals surface area contributed by atoms with Crippen LogP contribution in [0.3, 0.4) is 0 Å². The molecule has 0 aromatic heterocycles. The third kappa shape index (κ3) is 3.63. The van der Waals surface area contributed by atoms with Crippen LogP contribution in [0, 0.1) is 18.3 Å². The highest BCUT2D eigenvalue weighted by molar-refractivity contribution is 5.36. The number of ether oxygens (including phenoxy) is 1. The van der Waals surface area contributed by atoms with Crippen molar-refractivity contribution in [3.63, 3.8) is 0 Å². The summed E-state index contributed by atoms with van der Waals surface area (Å²) in [5, 5.41) is 8.50. The van der Waals surface area contributed by atoms with Crippen LogP contribution in [0.4, 0.5) is 0 Å². The summed E-state index contributed by atoms with van der Waals surface area (Å²) in [6, 6.07) is 8.26. The van der Waals surface area contributed by atoms with Crippen LogP contribution in [0.1, 0.15) is 31.4 Å². The van der Waals surface area contributed by atoms with Crippen LogP contribution >= 0.6 is 0 Å². The number of hydrogen-bond acceptors (Lipinski definition) is 2. The Morgan fingerprint density at radius 2 is 2.13 bits per heavy atom. The van der Waals surface area contributed by atoms with Crippen molar-refractivity contribution in [1.82, 2.24) is 0 Å². The van der Waals surface area contributed by atoms with E-state index in [0.29, 0.717) is 6.42 Å². The number of aryl methyl sites for hydroxylation is 2. The predicted molar refractivity (Wildman–Crippen MR) is 60.9 cm³/mol. The zero-order valence-electron chi connectivity index (χ0n) is 9.58. The summed E-state index contributed by atoms with van der Waals surface area (Å²) < 4.78 is 5.64. The highest BCUT2D eigenvalue weighted by Gasteiger charge is 2.02. The third-order valence-corrected chi connectivity index (χ3v) is 2.13. The molecule has 0 bridgehead atoms. The molecule has 15 heavy (non-hydrogen) atoms. The molecule has 0 spiro atoms. The second-order valence-corrected chi connectivity index (χ2v) is 3.92. The lowest BCUT2D eigenvalue weighted by Crippen LogP contribution is -2.06.